The number of piperidine rings is 2. The van der Waals surface area contributed by atoms with E-state index in [0.29, 0.717) is 30.2 Å². The van der Waals surface area contributed by atoms with E-state index in [0.717, 1.165) is 38.0 Å². The molecule has 4 bridgehead atoms. The van der Waals surface area contributed by atoms with Crippen LogP contribution in [0.5, 0.6) is 0 Å². The van der Waals surface area contributed by atoms with E-state index in [1.54, 1.807) is 0 Å². The lowest BCUT2D eigenvalue weighted by Gasteiger charge is -2.56. The van der Waals surface area contributed by atoms with Crippen molar-refractivity contribution < 1.29 is 4.79 Å². The highest BCUT2D eigenvalue weighted by atomic mass is 16.2. The quantitative estimate of drug-likeness (QED) is 0.725. The molecule has 3 heterocycles. The van der Waals surface area contributed by atoms with Gasteiger partial charge in [-0.15, -0.1) is 0 Å². The van der Waals surface area contributed by atoms with Gasteiger partial charge in [-0.25, -0.2) is 0 Å². The van der Waals surface area contributed by atoms with Crippen LogP contribution in [0, 0.1) is 23.7 Å². The van der Waals surface area contributed by atoms with E-state index in [1.165, 1.54) is 5.56 Å². The van der Waals surface area contributed by atoms with Crippen LogP contribution in [-0.4, -0.2) is 42.0 Å². The van der Waals surface area contributed by atoms with E-state index >= 15 is 0 Å². The first kappa shape index (κ1) is 20.7. The minimum absolute atomic E-state index is 0.203. The molecule has 1 amide bonds. The Labute approximate surface area is 186 Å². The predicted molar refractivity (Wildman–Crippen MR) is 124 cm³/mol. The van der Waals surface area contributed by atoms with Crippen LogP contribution < -0.4 is 10.6 Å². The van der Waals surface area contributed by atoms with Gasteiger partial charge in [0.1, 0.15) is 5.54 Å². The van der Waals surface area contributed by atoms with Crippen LogP contribution in [0.15, 0.2) is 60.7 Å². The van der Waals surface area contributed by atoms with Crippen molar-refractivity contribution in [2.24, 2.45) is 23.7 Å². The molecule has 31 heavy (non-hydrogen) atoms. The molecule has 3 saturated heterocycles. The number of hydrogen-bond donors (Lipinski definition) is 2. The Morgan fingerprint density at radius 3 is 2.45 bits per heavy atom. The van der Waals surface area contributed by atoms with Gasteiger partial charge in [0.05, 0.1) is 0 Å². The number of hydrogen-bond acceptors (Lipinski definition) is 3. The summed E-state index contributed by atoms with van der Waals surface area (Å²) in [5.74, 6) is 2.37. The maximum atomic E-state index is 13.8. The van der Waals surface area contributed by atoms with E-state index < -0.39 is 5.54 Å². The molecule has 4 fully saturated rings. The van der Waals surface area contributed by atoms with Crippen molar-refractivity contribution in [3.63, 3.8) is 0 Å². The van der Waals surface area contributed by atoms with Crippen molar-refractivity contribution in [1.29, 1.82) is 0 Å². The fourth-order valence-electron chi connectivity index (χ4n) is 6.67. The summed E-state index contributed by atoms with van der Waals surface area (Å²) in [6.07, 6.45) is 2.22. The zero-order valence-corrected chi connectivity index (χ0v) is 18.8. The number of carbonyl (C=O) groups is 1. The van der Waals surface area contributed by atoms with Crippen molar-refractivity contribution in [2.75, 3.05) is 19.6 Å². The van der Waals surface area contributed by atoms with Gasteiger partial charge < -0.3 is 10.6 Å². The first-order valence-corrected chi connectivity index (χ1v) is 11.9. The summed E-state index contributed by atoms with van der Waals surface area (Å²) in [6, 6.07) is 21.4. The minimum Gasteiger partial charge on any atom is -0.350 e. The summed E-state index contributed by atoms with van der Waals surface area (Å²) in [4.78, 5) is 16.5. The molecule has 0 aromatic heterocycles. The van der Waals surface area contributed by atoms with Gasteiger partial charge in [0.2, 0.25) is 5.91 Å². The third kappa shape index (κ3) is 3.70. The highest BCUT2D eigenvalue weighted by Gasteiger charge is 2.67. The molecule has 4 nitrogen and oxygen atoms in total. The Kier molecular flexibility index (Phi) is 5.61. The molecular formula is C27H35N3O. The lowest BCUT2D eigenvalue weighted by Crippen LogP contribution is -2.76. The standard InChI is InChI=1S/C27H35N3O/c1-19(2)17-30-18-23-14-22-16-29-27(23,26(31)28-15-21-11-7-4-8-12-21)25(30)24(22)13-20-9-5-3-6-10-20/h3-12,19,22-25,29H,13-18H2,1-2H3,(H,28,31)/t22-,23-,24+,25-,27-/m0/s1. The molecule has 0 radical (unpaired) electrons. The summed E-state index contributed by atoms with van der Waals surface area (Å²) in [5.41, 5.74) is 2.09. The smallest absolute Gasteiger partial charge is 0.242 e. The average molecular weight is 418 g/mol. The zero-order valence-electron chi connectivity index (χ0n) is 18.8. The third-order valence-corrected chi connectivity index (χ3v) is 7.80. The lowest BCUT2D eigenvalue weighted by atomic mass is 9.58. The predicted octanol–water partition coefficient (Wildman–Crippen LogP) is 3.48. The molecule has 4 aliphatic rings. The van der Waals surface area contributed by atoms with Crippen LogP contribution in [0.25, 0.3) is 0 Å². The summed E-state index contributed by atoms with van der Waals surface area (Å²) in [6.45, 7) is 8.24. The number of nitrogens with one attached hydrogen (secondary N) is 2. The van der Waals surface area contributed by atoms with E-state index in [4.69, 9.17) is 0 Å². The summed E-state index contributed by atoms with van der Waals surface area (Å²) in [7, 11) is 0. The fraction of sp³-hybridized carbons (Fsp3) is 0.519. The number of rotatable bonds is 7. The van der Waals surface area contributed by atoms with E-state index in [1.807, 2.05) is 18.2 Å². The maximum Gasteiger partial charge on any atom is 0.242 e. The second-order valence-electron chi connectivity index (χ2n) is 10.3. The van der Waals surface area contributed by atoms with E-state index in [2.05, 4.69) is 71.8 Å². The fourth-order valence-corrected chi connectivity index (χ4v) is 6.67. The highest BCUT2D eigenvalue weighted by molar-refractivity contribution is 5.89. The van der Waals surface area contributed by atoms with Gasteiger partial charge in [0.25, 0.3) is 0 Å². The number of amides is 1. The van der Waals surface area contributed by atoms with Gasteiger partial charge in [-0.2, -0.15) is 0 Å². The minimum atomic E-state index is -0.460. The van der Waals surface area contributed by atoms with Crippen molar-refractivity contribution in [3.05, 3.63) is 71.8 Å². The average Bonchev–Trinajstić information content (AvgIpc) is 3.04. The largest absolute Gasteiger partial charge is 0.350 e. The van der Waals surface area contributed by atoms with Gasteiger partial charge in [-0.05, 0) is 48.3 Å². The molecule has 1 saturated carbocycles. The first-order chi connectivity index (χ1) is 15.1. The van der Waals surface area contributed by atoms with Gasteiger partial charge >= 0.3 is 0 Å². The normalized spacial score (nSPS) is 31.8. The molecule has 3 aliphatic heterocycles. The molecule has 2 aromatic rings. The molecule has 2 N–H and O–H groups in total. The molecule has 0 unspecified atom stereocenters. The second-order valence-corrected chi connectivity index (χ2v) is 10.3. The van der Waals surface area contributed by atoms with Gasteiger partial charge in [-0.1, -0.05) is 74.5 Å². The second kappa shape index (κ2) is 8.40. The van der Waals surface area contributed by atoms with Gasteiger partial charge in [-0.3, -0.25) is 9.69 Å². The molecule has 6 rings (SSSR count). The highest BCUT2D eigenvalue weighted by Crippen LogP contribution is 2.53. The maximum absolute atomic E-state index is 13.8. The molecule has 0 spiro atoms. The topological polar surface area (TPSA) is 44.4 Å². The third-order valence-electron chi connectivity index (χ3n) is 7.80. The van der Waals surface area contributed by atoms with Crippen LogP contribution in [0.2, 0.25) is 0 Å². The van der Waals surface area contributed by atoms with Crippen LogP contribution in [0.3, 0.4) is 0 Å². The first-order valence-electron chi connectivity index (χ1n) is 11.9. The van der Waals surface area contributed by atoms with Crippen LogP contribution in [-0.2, 0) is 17.8 Å². The Balaban J connectivity index is 1.44. The van der Waals surface area contributed by atoms with Crippen molar-refractivity contribution in [2.45, 2.75) is 44.8 Å². The molecule has 4 heteroatoms. The Bertz CT molecular complexity index is 899. The number of likely N-dealkylation sites (tertiary alicyclic amines) is 1. The molecular weight excluding hydrogens is 382 g/mol. The number of nitrogens with zero attached hydrogens (tertiary/aromatic N) is 1. The Hall–Kier alpha value is -2.17. The monoisotopic (exact) mass is 417 g/mol. The van der Waals surface area contributed by atoms with Crippen molar-refractivity contribution in [1.82, 2.24) is 15.5 Å². The lowest BCUT2D eigenvalue weighted by molar-refractivity contribution is -0.138. The van der Waals surface area contributed by atoms with E-state index in [-0.39, 0.29) is 11.9 Å². The van der Waals surface area contributed by atoms with Gasteiger partial charge in [0, 0.05) is 31.6 Å². The molecule has 5 atom stereocenters. The zero-order chi connectivity index (χ0) is 21.4. The molecule has 2 aromatic carbocycles. The Morgan fingerprint density at radius 1 is 1.10 bits per heavy atom. The number of fused-ring (bicyclic) bond motifs is 1. The van der Waals surface area contributed by atoms with Crippen molar-refractivity contribution >= 4 is 5.91 Å². The SMILES string of the molecule is CC(C)CN1C[C@@H]2C[C@H]3CN[C@]2(C(=O)NCc2ccccc2)[C@@H]1[C@@H]3Cc1ccccc1. The molecule has 1 aliphatic carbocycles. The van der Waals surface area contributed by atoms with Gasteiger partial charge in [0.15, 0.2) is 0 Å². The number of carbonyl (C=O) groups excluding carboxylic acids is 1. The van der Waals surface area contributed by atoms with Crippen LogP contribution in [0.4, 0.5) is 0 Å². The summed E-state index contributed by atoms with van der Waals surface area (Å²) < 4.78 is 0. The molecule has 164 valence electrons. The summed E-state index contributed by atoms with van der Waals surface area (Å²) >= 11 is 0. The Morgan fingerprint density at radius 2 is 1.77 bits per heavy atom. The van der Waals surface area contributed by atoms with E-state index in [9.17, 15) is 4.79 Å². The number of benzene rings is 2. The van der Waals surface area contributed by atoms with Crippen molar-refractivity contribution in [3.8, 4) is 0 Å². The van der Waals surface area contributed by atoms with Crippen LogP contribution in [0.1, 0.15) is 31.4 Å². The van der Waals surface area contributed by atoms with Crippen LogP contribution >= 0.6 is 0 Å². The summed E-state index contributed by atoms with van der Waals surface area (Å²) in [5, 5.41) is 7.11.